The molecule has 0 amide bonds. The molecule has 0 bridgehead atoms. The molecule has 0 saturated carbocycles. The van der Waals surface area contributed by atoms with Crippen LogP contribution < -0.4 is 5.73 Å². The number of rotatable bonds is 1. The lowest BCUT2D eigenvalue weighted by Crippen LogP contribution is -1.83. The first-order valence-corrected chi connectivity index (χ1v) is 5.15. The fourth-order valence-electron chi connectivity index (χ4n) is 1.33. The number of halogens is 1. The Morgan fingerprint density at radius 2 is 2.00 bits per heavy atom. The number of nitrogens with two attached hydrogens (primary N) is 1. The Bertz CT molecular complexity index is 462. The Balaban J connectivity index is 2.47. The molecule has 2 rings (SSSR count). The van der Waals surface area contributed by atoms with Crippen molar-refractivity contribution in [3.63, 3.8) is 0 Å². The van der Waals surface area contributed by atoms with Crippen molar-refractivity contribution in [2.75, 3.05) is 5.73 Å². The fraction of sp³-hybridized carbons (Fsp3) is 0.0909. The minimum absolute atomic E-state index is 0.169. The lowest BCUT2D eigenvalue weighted by atomic mass is 10.1. The van der Waals surface area contributed by atoms with Crippen molar-refractivity contribution in [1.29, 1.82) is 0 Å². The highest BCUT2D eigenvalue weighted by Crippen LogP contribution is 2.27. The summed E-state index contributed by atoms with van der Waals surface area (Å²) in [6.45, 7) is 1.76. The minimum Gasteiger partial charge on any atom is -0.391 e. The van der Waals surface area contributed by atoms with E-state index in [9.17, 15) is 4.39 Å². The van der Waals surface area contributed by atoms with Crippen LogP contribution in [-0.4, -0.2) is 0 Å². The molecule has 72 valence electrons. The quantitative estimate of drug-likeness (QED) is 0.761. The van der Waals surface area contributed by atoms with Gasteiger partial charge in [0.15, 0.2) is 0 Å². The van der Waals surface area contributed by atoms with Crippen LogP contribution >= 0.6 is 11.3 Å². The van der Waals surface area contributed by atoms with E-state index >= 15 is 0 Å². The molecule has 1 aromatic heterocycles. The zero-order valence-electron chi connectivity index (χ0n) is 7.75. The number of hydrogen-bond acceptors (Lipinski definition) is 2. The summed E-state index contributed by atoms with van der Waals surface area (Å²) < 4.78 is 13.0. The molecule has 0 unspecified atom stereocenters. The predicted octanol–water partition coefficient (Wildman–Crippen LogP) is 3.44. The van der Waals surface area contributed by atoms with Crippen LogP contribution in [0.4, 0.5) is 9.39 Å². The zero-order chi connectivity index (χ0) is 10.1. The Morgan fingerprint density at radius 3 is 2.57 bits per heavy atom. The van der Waals surface area contributed by atoms with Gasteiger partial charge in [0.05, 0.1) is 5.00 Å². The van der Waals surface area contributed by atoms with Crippen molar-refractivity contribution in [1.82, 2.24) is 0 Å². The van der Waals surface area contributed by atoms with E-state index in [2.05, 4.69) is 0 Å². The standard InChI is InChI=1S/C11H10FNS/c1-7-4-8(2-3-10(7)12)9-5-11(13)14-6-9/h2-6H,13H2,1H3. The van der Waals surface area contributed by atoms with E-state index < -0.39 is 0 Å². The van der Waals surface area contributed by atoms with Crippen LogP contribution in [0.1, 0.15) is 5.56 Å². The third-order valence-corrected chi connectivity index (χ3v) is 2.87. The molecule has 0 spiro atoms. The normalized spacial score (nSPS) is 10.4. The van der Waals surface area contributed by atoms with Crippen molar-refractivity contribution in [2.45, 2.75) is 6.92 Å². The third-order valence-electron chi connectivity index (χ3n) is 2.11. The van der Waals surface area contributed by atoms with Crippen LogP contribution in [0.2, 0.25) is 0 Å². The average Bonchev–Trinajstić information content (AvgIpc) is 2.57. The summed E-state index contributed by atoms with van der Waals surface area (Å²) in [6, 6.07) is 6.98. The summed E-state index contributed by atoms with van der Waals surface area (Å²) in [5, 5.41) is 2.75. The maximum Gasteiger partial charge on any atom is 0.126 e. The number of thiophene rings is 1. The molecule has 0 aliphatic rings. The van der Waals surface area contributed by atoms with Crippen molar-refractivity contribution < 1.29 is 4.39 Å². The number of hydrogen-bond donors (Lipinski definition) is 1. The van der Waals surface area contributed by atoms with Crippen molar-refractivity contribution in [3.05, 3.63) is 41.0 Å². The zero-order valence-corrected chi connectivity index (χ0v) is 8.57. The molecule has 0 fully saturated rings. The molecule has 0 saturated heterocycles. The second-order valence-electron chi connectivity index (χ2n) is 3.20. The number of nitrogen functional groups attached to an aromatic ring is 1. The van der Waals surface area contributed by atoms with Crippen LogP contribution in [-0.2, 0) is 0 Å². The molecule has 0 aliphatic heterocycles. The minimum atomic E-state index is -0.169. The van der Waals surface area contributed by atoms with E-state index in [-0.39, 0.29) is 5.82 Å². The SMILES string of the molecule is Cc1cc(-c2csc(N)c2)ccc1F. The number of aryl methyl sites for hydroxylation is 1. The van der Waals surface area contributed by atoms with E-state index in [0.29, 0.717) is 5.56 Å². The topological polar surface area (TPSA) is 26.0 Å². The van der Waals surface area contributed by atoms with Gasteiger partial charge in [0.1, 0.15) is 5.82 Å². The maximum absolute atomic E-state index is 13.0. The third kappa shape index (κ3) is 1.63. The molecular formula is C11H10FNS. The predicted molar refractivity (Wildman–Crippen MR) is 58.9 cm³/mol. The van der Waals surface area contributed by atoms with Gasteiger partial charge >= 0.3 is 0 Å². The first kappa shape index (κ1) is 9.21. The average molecular weight is 207 g/mol. The van der Waals surface area contributed by atoms with Crippen LogP contribution in [0.15, 0.2) is 29.6 Å². The van der Waals surface area contributed by atoms with Gasteiger partial charge in [-0.25, -0.2) is 4.39 Å². The molecule has 14 heavy (non-hydrogen) atoms. The highest BCUT2D eigenvalue weighted by molar-refractivity contribution is 7.14. The van der Waals surface area contributed by atoms with E-state index in [1.54, 1.807) is 13.0 Å². The summed E-state index contributed by atoms with van der Waals surface area (Å²) in [6.07, 6.45) is 0. The van der Waals surface area contributed by atoms with Gasteiger partial charge in [-0.15, -0.1) is 11.3 Å². The summed E-state index contributed by atoms with van der Waals surface area (Å²) in [5.41, 5.74) is 8.35. The van der Waals surface area contributed by atoms with Crippen LogP contribution in [0, 0.1) is 12.7 Å². The summed E-state index contributed by atoms with van der Waals surface area (Å²) >= 11 is 1.49. The molecular weight excluding hydrogens is 197 g/mol. The lowest BCUT2D eigenvalue weighted by Gasteiger charge is -2.00. The first-order chi connectivity index (χ1) is 6.66. The molecule has 0 atom stereocenters. The number of benzene rings is 1. The Kier molecular flexibility index (Phi) is 2.25. The van der Waals surface area contributed by atoms with Gasteiger partial charge in [-0.2, -0.15) is 0 Å². The van der Waals surface area contributed by atoms with Gasteiger partial charge < -0.3 is 5.73 Å². The monoisotopic (exact) mass is 207 g/mol. The molecule has 3 heteroatoms. The second kappa shape index (κ2) is 3.42. The Morgan fingerprint density at radius 1 is 1.21 bits per heavy atom. The van der Waals surface area contributed by atoms with Gasteiger partial charge in [-0.3, -0.25) is 0 Å². The Hall–Kier alpha value is -1.35. The van der Waals surface area contributed by atoms with E-state index in [1.165, 1.54) is 17.4 Å². The van der Waals surface area contributed by atoms with Gasteiger partial charge in [0.2, 0.25) is 0 Å². The molecule has 1 heterocycles. The van der Waals surface area contributed by atoms with Crippen LogP contribution in [0.3, 0.4) is 0 Å². The van der Waals surface area contributed by atoms with E-state index in [0.717, 1.165) is 16.1 Å². The fourth-order valence-corrected chi connectivity index (χ4v) is 1.99. The summed E-state index contributed by atoms with van der Waals surface area (Å²) in [4.78, 5) is 0. The van der Waals surface area contributed by atoms with E-state index in [1.807, 2.05) is 17.5 Å². The van der Waals surface area contributed by atoms with Crippen LogP contribution in [0.5, 0.6) is 0 Å². The summed E-state index contributed by atoms with van der Waals surface area (Å²) in [7, 11) is 0. The smallest absolute Gasteiger partial charge is 0.126 e. The summed E-state index contributed by atoms with van der Waals surface area (Å²) in [5.74, 6) is -0.169. The van der Waals surface area contributed by atoms with Crippen molar-refractivity contribution >= 4 is 16.3 Å². The molecule has 0 aliphatic carbocycles. The van der Waals surface area contributed by atoms with Crippen molar-refractivity contribution in [3.8, 4) is 11.1 Å². The van der Waals surface area contributed by atoms with E-state index in [4.69, 9.17) is 5.73 Å². The van der Waals surface area contributed by atoms with Crippen LogP contribution in [0.25, 0.3) is 11.1 Å². The van der Waals surface area contributed by atoms with Gasteiger partial charge in [0, 0.05) is 5.38 Å². The Labute approximate surface area is 86.0 Å². The van der Waals surface area contributed by atoms with Gasteiger partial charge in [-0.05, 0) is 41.8 Å². The molecule has 2 aromatic rings. The lowest BCUT2D eigenvalue weighted by molar-refractivity contribution is 0.619. The molecule has 1 nitrogen and oxygen atoms in total. The highest BCUT2D eigenvalue weighted by Gasteiger charge is 2.03. The maximum atomic E-state index is 13.0. The second-order valence-corrected chi connectivity index (χ2v) is 4.14. The molecule has 2 N–H and O–H groups in total. The molecule has 1 aromatic carbocycles. The largest absolute Gasteiger partial charge is 0.391 e. The number of anilines is 1. The molecule has 0 radical (unpaired) electrons. The van der Waals surface area contributed by atoms with Gasteiger partial charge in [0.25, 0.3) is 0 Å². The van der Waals surface area contributed by atoms with Crippen molar-refractivity contribution in [2.24, 2.45) is 0 Å². The first-order valence-electron chi connectivity index (χ1n) is 4.27. The van der Waals surface area contributed by atoms with Gasteiger partial charge in [-0.1, -0.05) is 6.07 Å². The highest BCUT2D eigenvalue weighted by atomic mass is 32.1.